The molecule has 14 heteroatoms. The summed E-state index contributed by atoms with van der Waals surface area (Å²) in [7, 11) is 0. The van der Waals surface area contributed by atoms with E-state index >= 15 is 0 Å². The van der Waals surface area contributed by atoms with Gasteiger partial charge in [0.1, 0.15) is 12.1 Å². The number of amides is 4. The van der Waals surface area contributed by atoms with Gasteiger partial charge in [-0.05, 0) is 12.8 Å². The maximum atomic E-state index is 12.9. The molecular formula is C19H31N7O7. The first kappa shape index (κ1) is 27.5. The number of carboxylic acid groups (broad SMARTS) is 1. The van der Waals surface area contributed by atoms with E-state index in [1.54, 1.807) is 13.8 Å². The van der Waals surface area contributed by atoms with Crippen molar-refractivity contribution >= 4 is 29.6 Å². The molecule has 0 saturated heterocycles. The number of carbonyl (C=O) groups is 5. The van der Waals surface area contributed by atoms with Gasteiger partial charge in [-0.1, -0.05) is 13.8 Å². The highest BCUT2D eigenvalue weighted by Crippen LogP contribution is 2.05. The van der Waals surface area contributed by atoms with Crippen LogP contribution in [0, 0.1) is 5.92 Å². The summed E-state index contributed by atoms with van der Waals surface area (Å²) in [6, 6.07) is -5.36. The number of nitrogens with one attached hydrogen (secondary N) is 4. The number of carboxylic acids is 1. The lowest BCUT2D eigenvalue weighted by atomic mass is 10.0. The van der Waals surface area contributed by atoms with Crippen molar-refractivity contribution in [2.24, 2.45) is 17.4 Å². The molecule has 0 aliphatic heterocycles. The largest absolute Gasteiger partial charge is 0.480 e. The van der Waals surface area contributed by atoms with E-state index in [1.807, 2.05) is 0 Å². The molecule has 0 saturated carbocycles. The van der Waals surface area contributed by atoms with Crippen LogP contribution in [0.4, 0.5) is 0 Å². The number of aliphatic carboxylic acids is 1. The van der Waals surface area contributed by atoms with Crippen molar-refractivity contribution < 1.29 is 34.2 Å². The average molecular weight is 469 g/mol. The van der Waals surface area contributed by atoms with Crippen LogP contribution >= 0.6 is 0 Å². The van der Waals surface area contributed by atoms with Gasteiger partial charge in [0, 0.05) is 18.3 Å². The normalized spacial score (nSPS) is 15.6. The number of nitrogens with zero attached hydrogens (tertiary/aromatic N) is 1. The number of aliphatic hydroxyl groups excluding tert-OH is 1. The number of aromatic amines is 1. The summed E-state index contributed by atoms with van der Waals surface area (Å²) >= 11 is 0. The van der Waals surface area contributed by atoms with Gasteiger partial charge in [0.15, 0.2) is 6.04 Å². The first-order valence-electron chi connectivity index (χ1n) is 10.2. The molecule has 1 heterocycles. The number of carbonyl (C=O) groups excluding carboxylic acids is 4. The third kappa shape index (κ3) is 8.86. The van der Waals surface area contributed by atoms with Crippen molar-refractivity contribution in [2.75, 3.05) is 0 Å². The number of rotatable bonds is 13. The first-order chi connectivity index (χ1) is 15.3. The Morgan fingerprint density at radius 1 is 1.03 bits per heavy atom. The van der Waals surface area contributed by atoms with Crippen LogP contribution in [-0.4, -0.2) is 80.1 Å². The van der Waals surface area contributed by atoms with Gasteiger partial charge in [-0.25, -0.2) is 9.78 Å². The van der Waals surface area contributed by atoms with Crippen molar-refractivity contribution in [3.8, 4) is 0 Å². The smallest absolute Gasteiger partial charge is 0.328 e. The molecule has 184 valence electrons. The van der Waals surface area contributed by atoms with E-state index < -0.39 is 66.3 Å². The lowest BCUT2D eigenvalue weighted by molar-refractivity contribution is -0.145. The number of H-pyrrole nitrogens is 1. The minimum absolute atomic E-state index is 0.0429. The number of primary amides is 1. The lowest BCUT2D eigenvalue weighted by Crippen LogP contribution is -2.59. The van der Waals surface area contributed by atoms with Gasteiger partial charge in [0.2, 0.25) is 23.6 Å². The van der Waals surface area contributed by atoms with Gasteiger partial charge < -0.3 is 42.6 Å². The van der Waals surface area contributed by atoms with Crippen molar-refractivity contribution in [2.45, 2.75) is 63.9 Å². The highest BCUT2D eigenvalue weighted by Gasteiger charge is 2.33. The van der Waals surface area contributed by atoms with E-state index in [2.05, 4.69) is 25.9 Å². The van der Waals surface area contributed by atoms with Crippen LogP contribution in [0.1, 0.15) is 32.9 Å². The number of hydrogen-bond donors (Lipinski definition) is 8. The minimum Gasteiger partial charge on any atom is -0.480 e. The molecule has 0 fully saturated rings. The summed E-state index contributed by atoms with van der Waals surface area (Å²) in [5.74, 6) is -5.20. The van der Waals surface area contributed by atoms with Crippen LogP contribution in [0.25, 0.3) is 0 Å². The van der Waals surface area contributed by atoms with Crippen LogP contribution in [-0.2, 0) is 30.4 Å². The molecule has 0 spiro atoms. The topological polar surface area (TPSA) is 243 Å². The number of aliphatic hydroxyl groups is 1. The Kier molecular flexibility index (Phi) is 10.4. The van der Waals surface area contributed by atoms with Gasteiger partial charge in [-0.2, -0.15) is 0 Å². The third-order valence-corrected chi connectivity index (χ3v) is 4.72. The zero-order valence-corrected chi connectivity index (χ0v) is 18.6. The molecule has 1 aromatic heterocycles. The molecule has 10 N–H and O–H groups in total. The molecule has 5 atom stereocenters. The molecule has 5 unspecified atom stereocenters. The van der Waals surface area contributed by atoms with Crippen LogP contribution in [0.2, 0.25) is 0 Å². The van der Waals surface area contributed by atoms with E-state index in [1.165, 1.54) is 12.5 Å². The Morgan fingerprint density at radius 3 is 2.06 bits per heavy atom. The highest BCUT2D eigenvalue weighted by molar-refractivity contribution is 5.96. The maximum Gasteiger partial charge on any atom is 0.328 e. The molecule has 1 aromatic rings. The summed E-state index contributed by atoms with van der Waals surface area (Å²) in [6.45, 7) is 4.60. The fourth-order valence-corrected chi connectivity index (χ4v) is 2.72. The predicted octanol–water partition coefficient (Wildman–Crippen LogP) is -3.27. The van der Waals surface area contributed by atoms with E-state index in [-0.39, 0.29) is 12.3 Å². The number of aromatic nitrogens is 2. The summed E-state index contributed by atoms with van der Waals surface area (Å²) < 4.78 is 0. The van der Waals surface area contributed by atoms with Crippen molar-refractivity contribution in [1.29, 1.82) is 0 Å². The Hall–Kier alpha value is -3.52. The van der Waals surface area contributed by atoms with Crippen molar-refractivity contribution in [1.82, 2.24) is 25.9 Å². The molecular weight excluding hydrogens is 438 g/mol. The second-order valence-corrected chi connectivity index (χ2v) is 7.91. The Balaban J connectivity index is 3.07. The SMILES string of the molecule is CC(C)C(N)C(=O)NC(Cc1cnc[nH]1)C(=O)NC(CC(N)=O)C(=O)NC(C(=O)O)C(C)O. The highest BCUT2D eigenvalue weighted by atomic mass is 16.4. The lowest BCUT2D eigenvalue weighted by Gasteiger charge is -2.25. The van der Waals surface area contributed by atoms with Crippen LogP contribution in [0.3, 0.4) is 0 Å². The van der Waals surface area contributed by atoms with Crippen molar-refractivity contribution in [3.05, 3.63) is 18.2 Å². The molecule has 0 aromatic carbocycles. The van der Waals surface area contributed by atoms with E-state index in [0.717, 1.165) is 6.92 Å². The summed E-state index contributed by atoms with van der Waals surface area (Å²) in [6.07, 6.45) is 0.653. The molecule has 1 rings (SSSR count). The fraction of sp³-hybridized carbons (Fsp3) is 0.579. The predicted molar refractivity (Wildman–Crippen MR) is 114 cm³/mol. The fourth-order valence-electron chi connectivity index (χ4n) is 2.72. The second-order valence-electron chi connectivity index (χ2n) is 7.91. The molecule has 4 amide bonds. The van der Waals surface area contributed by atoms with Gasteiger partial charge >= 0.3 is 5.97 Å². The van der Waals surface area contributed by atoms with Crippen LogP contribution in [0.15, 0.2) is 12.5 Å². The molecule has 0 bridgehead atoms. The minimum atomic E-state index is -1.69. The Labute approximate surface area is 189 Å². The van der Waals surface area contributed by atoms with Gasteiger partial charge in [-0.15, -0.1) is 0 Å². The van der Waals surface area contributed by atoms with Gasteiger partial charge in [0.25, 0.3) is 0 Å². The van der Waals surface area contributed by atoms with Gasteiger partial charge in [0.05, 0.1) is 24.9 Å². The maximum absolute atomic E-state index is 12.9. The third-order valence-electron chi connectivity index (χ3n) is 4.72. The van der Waals surface area contributed by atoms with Crippen molar-refractivity contribution in [3.63, 3.8) is 0 Å². The zero-order valence-electron chi connectivity index (χ0n) is 18.6. The zero-order chi connectivity index (χ0) is 25.3. The van der Waals surface area contributed by atoms with Crippen LogP contribution < -0.4 is 27.4 Å². The number of imidazole rings is 1. The quantitative estimate of drug-likeness (QED) is 0.144. The molecule has 33 heavy (non-hydrogen) atoms. The first-order valence-corrected chi connectivity index (χ1v) is 10.2. The summed E-state index contributed by atoms with van der Waals surface area (Å²) in [5, 5.41) is 25.6. The monoisotopic (exact) mass is 469 g/mol. The second kappa shape index (κ2) is 12.5. The standard InChI is InChI=1S/C19H31N7O7/c1-8(2)14(21)18(31)25-11(4-10-6-22-7-23-10)16(29)24-12(5-13(20)28)17(30)26-15(9(3)27)19(32)33/h6-9,11-12,14-15,27H,4-5,21H2,1-3H3,(H2,20,28)(H,22,23)(H,24,29)(H,25,31)(H,26,30)(H,32,33). The van der Waals surface area contributed by atoms with E-state index in [0.29, 0.717) is 5.69 Å². The molecule has 0 aliphatic rings. The Bertz CT molecular complexity index is 842. The van der Waals surface area contributed by atoms with Gasteiger partial charge in [-0.3, -0.25) is 19.2 Å². The summed E-state index contributed by atoms with van der Waals surface area (Å²) in [4.78, 5) is 67.3. The Morgan fingerprint density at radius 2 is 1.61 bits per heavy atom. The molecule has 0 aliphatic carbocycles. The number of hydrogen-bond acceptors (Lipinski definition) is 8. The summed E-state index contributed by atoms with van der Waals surface area (Å²) in [5.41, 5.74) is 11.5. The van der Waals surface area contributed by atoms with Crippen LogP contribution in [0.5, 0.6) is 0 Å². The average Bonchev–Trinajstić information content (AvgIpc) is 3.22. The molecule has 14 nitrogen and oxygen atoms in total. The molecule has 0 radical (unpaired) electrons. The van der Waals surface area contributed by atoms with E-state index in [9.17, 15) is 29.1 Å². The van der Waals surface area contributed by atoms with E-state index in [4.69, 9.17) is 16.6 Å². The number of nitrogens with two attached hydrogens (primary N) is 2.